The molecule has 3 N–H and O–H groups in total. The molecule has 0 bridgehead atoms. The van der Waals surface area contributed by atoms with Crippen LogP contribution in [0.15, 0.2) is 30.3 Å². The van der Waals surface area contributed by atoms with Crippen molar-refractivity contribution in [3.05, 3.63) is 35.9 Å². The molecule has 1 atom stereocenters. The number of amides is 1. The number of benzene rings is 1. The lowest BCUT2D eigenvalue weighted by atomic mass is 10.2. The Labute approximate surface area is 104 Å². The summed E-state index contributed by atoms with van der Waals surface area (Å²) in [5, 5.41) is 19.6. The van der Waals surface area contributed by atoms with Gasteiger partial charge in [0.2, 0.25) is 0 Å². The highest BCUT2D eigenvalue weighted by Gasteiger charge is 2.19. The molecule has 1 aromatic rings. The van der Waals surface area contributed by atoms with Gasteiger partial charge in [0.05, 0.1) is 0 Å². The standard InChI is InChI=1S/C12H15NO5/c14-7-6-10(11(15)16)13-12(17)18-8-9-4-2-1-3-5-9/h1-5,10,14H,6-8H2,(H,13,17)(H,15,16). The summed E-state index contributed by atoms with van der Waals surface area (Å²) in [6, 6.07) is 7.89. The van der Waals surface area contributed by atoms with Crippen LogP contribution < -0.4 is 5.32 Å². The van der Waals surface area contributed by atoms with Crippen LogP contribution in [-0.2, 0) is 16.1 Å². The number of aliphatic hydroxyl groups is 1. The highest BCUT2D eigenvalue weighted by Crippen LogP contribution is 2.01. The number of aliphatic carboxylic acids is 1. The van der Waals surface area contributed by atoms with E-state index < -0.39 is 18.1 Å². The summed E-state index contributed by atoms with van der Waals surface area (Å²) in [6.07, 6.45) is -0.879. The van der Waals surface area contributed by atoms with Crippen LogP contribution in [0.1, 0.15) is 12.0 Å². The highest BCUT2D eigenvalue weighted by atomic mass is 16.5. The van der Waals surface area contributed by atoms with Crippen LogP contribution in [0.3, 0.4) is 0 Å². The van der Waals surface area contributed by atoms with Gasteiger partial charge in [-0.25, -0.2) is 9.59 Å². The minimum atomic E-state index is -1.21. The van der Waals surface area contributed by atoms with Crippen molar-refractivity contribution in [1.82, 2.24) is 5.32 Å². The van der Waals surface area contributed by atoms with Gasteiger partial charge in [0.15, 0.2) is 0 Å². The van der Waals surface area contributed by atoms with Crippen LogP contribution >= 0.6 is 0 Å². The first-order chi connectivity index (χ1) is 8.63. The molecule has 0 aliphatic heterocycles. The lowest BCUT2D eigenvalue weighted by Gasteiger charge is -2.13. The normalized spacial score (nSPS) is 11.6. The molecule has 0 aromatic heterocycles. The van der Waals surface area contributed by atoms with Crippen molar-refractivity contribution in [2.45, 2.75) is 19.1 Å². The van der Waals surface area contributed by atoms with Gasteiger partial charge in [-0.05, 0) is 5.56 Å². The number of carbonyl (C=O) groups excluding carboxylic acids is 1. The van der Waals surface area contributed by atoms with Gasteiger partial charge < -0.3 is 20.3 Å². The second-order valence-corrected chi connectivity index (χ2v) is 3.61. The Hall–Kier alpha value is -2.08. The van der Waals surface area contributed by atoms with E-state index in [-0.39, 0.29) is 19.6 Å². The fraction of sp³-hybridized carbons (Fsp3) is 0.333. The minimum Gasteiger partial charge on any atom is -0.480 e. The average Bonchev–Trinajstić information content (AvgIpc) is 2.37. The predicted molar refractivity (Wildman–Crippen MR) is 62.9 cm³/mol. The molecule has 1 unspecified atom stereocenters. The third-order valence-corrected chi connectivity index (χ3v) is 2.22. The lowest BCUT2D eigenvalue weighted by Crippen LogP contribution is -2.41. The summed E-state index contributed by atoms with van der Waals surface area (Å²) in [6.45, 7) is -0.256. The molecule has 0 heterocycles. The van der Waals surface area contributed by atoms with Gasteiger partial charge in [-0.1, -0.05) is 30.3 Å². The van der Waals surface area contributed by atoms with Crippen molar-refractivity contribution in [2.24, 2.45) is 0 Å². The van der Waals surface area contributed by atoms with E-state index in [0.29, 0.717) is 0 Å². The van der Waals surface area contributed by atoms with Crippen LogP contribution in [0.2, 0.25) is 0 Å². The number of rotatable bonds is 6. The van der Waals surface area contributed by atoms with Gasteiger partial charge in [0.1, 0.15) is 12.6 Å². The third kappa shape index (κ3) is 4.84. The van der Waals surface area contributed by atoms with Crippen molar-refractivity contribution in [1.29, 1.82) is 0 Å². The first kappa shape index (κ1) is 14.0. The number of aliphatic hydroxyl groups excluding tert-OH is 1. The van der Waals surface area contributed by atoms with E-state index in [1.807, 2.05) is 18.2 Å². The van der Waals surface area contributed by atoms with Crippen molar-refractivity contribution in [3.63, 3.8) is 0 Å². The van der Waals surface area contributed by atoms with Gasteiger partial charge in [-0.3, -0.25) is 0 Å². The number of alkyl carbamates (subject to hydrolysis) is 1. The molecule has 0 aliphatic rings. The Morgan fingerprint density at radius 3 is 2.50 bits per heavy atom. The summed E-state index contributed by atoms with van der Waals surface area (Å²) < 4.78 is 4.86. The first-order valence-corrected chi connectivity index (χ1v) is 5.44. The van der Waals surface area contributed by atoms with Gasteiger partial charge in [0, 0.05) is 13.0 Å². The molecule has 0 radical (unpaired) electrons. The molecule has 0 spiro atoms. The Balaban J connectivity index is 2.39. The molecule has 6 nitrogen and oxygen atoms in total. The van der Waals surface area contributed by atoms with Gasteiger partial charge in [-0.2, -0.15) is 0 Å². The monoisotopic (exact) mass is 253 g/mol. The molecule has 1 amide bonds. The molecule has 0 saturated carbocycles. The van der Waals surface area contributed by atoms with Crippen molar-refractivity contribution < 1.29 is 24.5 Å². The molecule has 1 rings (SSSR count). The molecule has 0 saturated heterocycles. The molecule has 1 aromatic carbocycles. The number of hydrogen-bond acceptors (Lipinski definition) is 4. The quantitative estimate of drug-likeness (QED) is 0.695. The Morgan fingerprint density at radius 2 is 1.94 bits per heavy atom. The number of carboxylic acids is 1. The van der Waals surface area contributed by atoms with E-state index in [0.717, 1.165) is 5.56 Å². The zero-order valence-corrected chi connectivity index (χ0v) is 9.70. The maximum absolute atomic E-state index is 11.3. The Morgan fingerprint density at radius 1 is 1.28 bits per heavy atom. The maximum atomic E-state index is 11.3. The second-order valence-electron chi connectivity index (χ2n) is 3.61. The zero-order valence-electron chi connectivity index (χ0n) is 9.70. The Kier molecular flexibility index (Phi) is 5.66. The molecule has 18 heavy (non-hydrogen) atoms. The van der Waals surface area contributed by atoms with Gasteiger partial charge in [0.25, 0.3) is 0 Å². The topological polar surface area (TPSA) is 95.9 Å². The Bertz CT molecular complexity index is 393. The third-order valence-electron chi connectivity index (χ3n) is 2.22. The maximum Gasteiger partial charge on any atom is 0.408 e. The average molecular weight is 253 g/mol. The number of carboxylic acid groups (broad SMARTS) is 1. The van der Waals surface area contributed by atoms with Gasteiger partial charge >= 0.3 is 12.1 Å². The molecule has 98 valence electrons. The number of hydrogen-bond donors (Lipinski definition) is 3. The number of nitrogens with one attached hydrogen (secondary N) is 1. The van der Waals surface area contributed by atoms with E-state index in [1.165, 1.54) is 0 Å². The van der Waals surface area contributed by atoms with E-state index in [4.69, 9.17) is 14.9 Å². The summed E-state index contributed by atoms with van der Waals surface area (Å²) in [5.41, 5.74) is 0.807. The van der Waals surface area contributed by atoms with Crippen molar-refractivity contribution in [3.8, 4) is 0 Å². The predicted octanol–water partition coefficient (Wildman–Crippen LogP) is 0.748. The van der Waals surface area contributed by atoms with Gasteiger partial charge in [-0.15, -0.1) is 0 Å². The summed E-state index contributed by atoms with van der Waals surface area (Å²) >= 11 is 0. The van der Waals surface area contributed by atoms with E-state index in [9.17, 15) is 9.59 Å². The van der Waals surface area contributed by atoms with E-state index in [1.54, 1.807) is 12.1 Å². The second kappa shape index (κ2) is 7.29. The fourth-order valence-corrected chi connectivity index (χ4v) is 1.29. The molecule has 0 aliphatic carbocycles. The van der Waals surface area contributed by atoms with E-state index >= 15 is 0 Å². The first-order valence-electron chi connectivity index (χ1n) is 5.44. The summed E-state index contributed by atoms with van der Waals surface area (Å²) in [4.78, 5) is 22.0. The zero-order chi connectivity index (χ0) is 13.4. The largest absolute Gasteiger partial charge is 0.480 e. The summed E-state index contributed by atoms with van der Waals surface area (Å²) in [7, 11) is 0. The molecule has 6 heteroatoms. The van der Waals surface area contributed by atoms with Crippen molar-refractivity contribution >= 4 is 12.1 Å². The van der Waals surface area contributed by atoms with Crippen molar-refractivity contribution in [2.75, 3.05) is 6.61 Å². The van der Waals surface area contributed by atoms with Crippen LogP contribution in [0.4, 0.5) is 4.79 Å². The summed E-state index contributed by atoms with van der Waals surface area (Å²) in [5.74, 6) is -1.21. The molecule has 0 fully saturated rings. The van der Waals surface area contributed by atoms with Crippen LogP contribution in [-0.4, -0.2) is 34.9 Å². The van der Waals surface area contributed by atoms with Crippen LogP contribution in [0.5, 0.6) is 0 Å². The van der Waals surface area contributed by atoms with Crippen LogP contribution in [0, 0.1) is 0 Å². The number of ether oxygens (including phenoxy) is 1. The fourth-order valence-electron chi connectivity index (χ4n) is 1.29. The van der Waals surface area contributed by atoms with E-state index in [2.05, 4.69) is 5.32 Å². The lowest BCUT2D eigenvalue weighted by molar-refractivity contribution is -0.139. The number of carbonyl (C=O) groups is 2. The minimum absolute atomic E-state index is 0.0598. The SMILES string of the molecule is O=C(NC(CCO)C(=O)O)OCc1ccccc1. The molecular formula is C12H15NO5. The smallest absolute Gasteiger partial charge is 0.408 e. The van der Waals surface area contributed by atoms with Crippen LogP contribution in [0.25, 0.3) is 0 Å². The molecular weight excluding hydrogens is 238 g/mol. The highest BCUT2D eigenvalue weighted by molar-refractivity contribution is 5.79.